The summed E-state index contributed by atoms with van der Waals surface area (Å²) in [5, 5.41) is 6.77. The maximum absolute atomic E-state index is 12.7. The van der Waals surface area contributed by atoms with Gasteiger partial charge < -0.3 is 15.4 Å². The van der Waals surface area contributed by atoms with Crippen molar-refractivity contribution in [2.24, 2.45) is 4.99 Å². The van der Waals surface area contributed by atoms with Crippen LogP contribution in [0, 0.1) is 0 Å². The Balaban J connectivity index is 0.00000261. The molecule has 1 saturated heterocycles. The smallest absolute Gasteiger partial charge is 0.252 e. The van der Waals surface area contributed by atoms with E-state index in [-0.39, 0.29) is 24.0 Å². The zero-order valence-electron chi connectivity index (χ0n) is 15.6. The van der Waals surface area contributed by atoms with Gasteiger partial charge in [-0.05, 0) is 25.0 Å². The van der Waals surface area contributed by atoms with Gasteiger partial charge in [-0.15, -0.1) is 35.3 Å². The highest BCUT2D eigenvalue weighted by Crippen LogP contribution is 2.25. The molecule has 1 aromatic rings. The summed E-state index contributed by atoms with van der Waals surface area (Å²) in [7, 11) is -1.65. The van der Waals surface area contributed by atoms with Crippen LogP contribution >= 0.6 is 35.3 Å². The molecule has 27 heavy (non-hydrogen) atoms. The van der Waals surface area contributed by atoms with Gasteiger partial charge in [0.2, 0.25) is 0 Å². The lowest BCUT2D eigenvalue weighted by Crippen LogP contribution is -2.43. The summed E-state index contributed by atoms with van der Waals surface area (Å²) in [5.74, 6) is 0.780. The molecule has 0 spiro atoms. The van der Waals surface area contributed by atoms with E-state index in [1.807, 2.05) is 6.07 Å². The highest BCUT2D eigenvalue weighted by atomic mass is 127. The quantitative estimate of drug-likeness (QED) is 0.349. The van der Waals surface area contributed by atoms with Crippen molar-refractivity contribution in [1.82, 2.24) is 14.9 Å². The average molecular weight is 528 g/mol. The Morgan fingerprint density at radius 2 is 1.96 bits per heavy atom. The molecule has 0 unspecified atom stereocenters. The van der Waals surface area contributed by atoms with E-state index in [4.69, 9.17) is 4.74 Å². The summed E-state index contributed by atoms with van der Waals surface area (Å²) in [6, 6.07) is 4.05. The Bertz CT molecular complexity index is 712. The van der Waals surface area contributed by atoms with Crippen LogP contribution in [0.25, 0.3) is 0 Å². The van der Waals surface area contributed by atoms with E-state index >= 15 is 0 Å². The molecule has 2 heterocycles. The van der Waals surface area contributed by atoms with Crippen molar-refractivity contribution in [3.8, 4) is 0 Å². The topological polar surface area (TPSA) is 83.0 Å². The Hall–Kier alpha value is -0.430. The van der Waals surface area contributed by atoms with Crippen molar-refractivity contribution in [1.29, 1.82) is 0 Å². The number of guanidine groups is 1. The SMILES string of the molecule is CN=C(NCc1ccc(S(=O)(=O)N2CCOCC2)s1)NC1CCCCC1.I. The first-order valence-corrected chi connectivity index (χ1v) is 11.5. The Morgan fingerprint density at radius 1 is 1.26 bits per heavy atom. The third kappa shape index (κ3) is 6.28. The van der Waals surface area contributed by atoms with Gasteiger partial charge in [0.15, 0.2) is 5.96 Å². The molecule has 0 aromatic carbocycles. The summed E-state index contributed by atoms with van der Waals surface area (Å²) in [6.07, 6.45) is 6.22. The average Bonchev–Trinajstić information content (AvgIpc) is 3.16. The van der Waals surface area contributed by atoms with Crippen LogP contribution in [-0.4, -0.2) is 58.1 Å². The minimum atomic E-state index is -3.41. The van der Waals surface area contributed by atoms with Crippen LogP contribution in [0.3, 0.4) is 0 Å². The van der Waals surface area contributed by atoms with Crippen molar-refractivity contribution in [2.75, 3.05) is 33.4 Å². The lowest BCUT2D eigenvalue weighted by Gasteiger charge is -2.25. The molecular weight excluding hydrogens is 499 g/mol. The zero-order valence-corrected chi connectivity index (χ0v) is 19.6. The maximum atomic E-state index is 12.7. The Morgan fingerprint density at radius 3 is 2.63 bits per heavy atom. The molecule has 2 fully saturated rings. The Labute approximate surface area is 183 Å². The van der Waals surface area contributed by atoms with E-state index in [1.165, 1.54) is 47.7 Å². The van der Waals surface area contributed by atoms with Gasteiger partial charge in [-0.3, -0.25) is 4.99 Å². The molecule has 1 aliphatic carbocycles. The molecular formula is C17H29IN4O3S2. The number of nitrogens with one attached hydrogen (secondary N) is 2. The predicted octanol–water partition coefficient (Wildman–Crippen LogP) is 2.38. The molecule has 3 rings (SSSR count). The third-order valence-corrected chi connectivity index (χ3v) is 8.25. The molecule has 10 heteroatoms. The van der Waals surface area contributed by atoms with E-state index in [2.05, 4.69) is 15.6 Å². The number of aliphatic imine (C=N–C) groups is 1. The van der Waals surface area contributed by atoms with Gasteiger partial charge in [0.05, 0.1) is 19.8 Å². The van der Waals surface area contributed by atoms with Gasteiger partial charge in [-0.25, -0.2) is 8.42 Å². The van der Waals surface area contributed by atoms with E-state index in [9.17, 15) is 8.42 Å². The molecule has 154 valence electrons. The number of rotatable bonds is 5. The molecule has 0 radical (unpaired) electrons. The number of sulfonamides is 1. The van der Waals surface area contributed by atoms with Crippen molar-refractivity contribution in [3.63, 3.8) is 0 Å². The van der Waals surface area contributed by atoms with Gasteiger partial charge in [-0.2, -0.15) is 4.31 Å². The van der Waals surface area contributed by atoms with Gasteiger partial charge in [-0.1, -0.05) is 19.3 Å². The molecule has 7 nitrogen and oxygen atoms in total. The summed E-state index contributed by atoms with van der Waals surface area (Å²) in [5.41, 5.74) is 0. The van der Waals surface area contributed by atoms with Crippen molar-refractivity contribution in [3.05, 3.63) is 17.0 Å². The highest BCUT2D eigenvalue weighted by Gasteiger charge is 2.27. The molecule has 0 amide bonds. The summed E-state index contributed by atoms with van der Waals surface area (Å²) < 4.78 is 32.5. The minimum Gasteiger partial charge on any atom is -0.379 e. The second-order valence-electron chi connectivity index (χ2n) is 6.64. The standard InChI is InChI=1S/C17H28N4O3S2.HI/c1-18-17(20-14-5-3-2-4-6-14)19-13-15-7-8-16(25-15)26(22,23)21-9-11-24-12-10-21;/h7-8,14H,2-6,9-13H2,1H3,(H2,18,19,20);1H. The summed E-state index contributed by atoms with van der Waals surface area (Å²) >= 11 is 1.32. The van der Waals surface area contributed by atoms with Crippen molar-refractivity contribution in [2.45, 2.75) is 48.9 Å². The minimum absolute atomic E-state index is 0. The van der Waals surface area contributed by atoms with Crippen LogP contribution in [0.5, 0.6) is 0 Å². The summed E-state index contributed by atoms with van der Waals surface area (Å²) in [4.78, 5) is 5.26. The van der Waals surface area contributed by atoms with Gasteiger partial charge >= 0.3 is 0 Å². The van der Waals surface area contributed by atoms with Crippen molar-refractivity contribution < 1.29 is 13.2 Å². The molecule has 2 aliphatic rings. The molecule has 1 aliphatic heterocycles. The lowest BCUT2D eigenvalue weighted by molar-refractivity contribution is 0.0731. The van der Waals surface area contributed by atoms with E-state index in [0.717, 1.165) is 10.8 Å². The monoisotopic (exact) mass is 528 g/mol. The second-order valence-corrected chi connectivity index (χ2v) is 9.98. The number of thiophene rings is 1. The fourth-order valence-corrected chi connectivity index (χ4v) is 6.17. The number of halogens is 1. The van der Waals surface area contributed by atoms with E-state index in [1.54, 1.807) is 13.1 Å². The molecule has 1 saturated carbocycles. The number of hydrogen-bond donors (Lipinski definition) is 2. The second kappa shape index (κ2) is 10.9. The zero-order chi connectivity index (χ0) is 18.4. The van der Waals surface area contributed by atoms with Crippen molar-refractivity contribution >= 4 is 51.3 Å². The summed E-state index contributed by atoms with van der Waals surface area (Å²) in [6.45, 7) is 2.33. The highest BCUT2D eigenvalue weighted by molar-refractivity contribution is 14.0. The van der Waals surface area contributed by atoms with Crippen LogP contribution in [0.2, 0.25) is 0 Å². The Kier molecular flexibility index (Phi) is 9.26. The van der Waals surface area contributed by atoms with Gasteiger partial charge in [0.1, 0.15) is 4.21 Å². The maximum Gasteiger partial charge on any atom is 0.252 e. The lowest BCUT2D eigenvalue weighted by atomic mass is 9.96. The predicted molar refractivity (Wildman–Crippen MR) is 120 cm³/mol. The van der Waals surface area contributed by atoms with Crippen LogP contribution < -0.4 is 10.6 Å². The van der Waals surface area contributed by atoms with E-state index in [0.29, 0.717) is 43.1 Å². The number of ether oxygens (including phenoxy) is 1. The van der Waals surface area contributed by atoms with E-state index < -0.39 is 10.0 Å². The molecule has 2 N–H and O–H groups in total. The van der Waals surface area contributed by atoms with Gasteiger partial charge in [0.25, 0.3) is 10.0 Å². The first-order chi connectivity index (χ1) is 12.6. The number of hydrogen-bond acceptors (Lipinski definition) is 5. The molecule has 0 bridgehead atoms. The molecule has 0 atom stereocenters. The van der Waals surface area contributed by atoms with Crippen LogP contribution in [0.15, 0.2) is 21.3 Å². The van der Waals surface area contributed by atoms with Crippen LogP contribution in [0.1, 0.15) is 37.0 Å². The number of nitrogens with zero attached hydrogens (tertiary/aromatic N) is 2. The first-order valence-electron chi connectivity index (χ1n) is 9.23. The first kappa shape index (κ1) is 22.9. The van der Waals surface area contributed by atoms with Crippen LogP contribution in [-0.2, 0) is 21.3 Å². The largest absolute Gasteiger partial charge is 0.379 e. The normalized spacial score (nSPS) is 20.1. The van der Waals surface area contributed by atoms with Crippen LogP contribution in [0.4, 0.5) is 0 Å². The van der Waals surface area contributed by atoms with Gasteiger partial charge in [0, 0.05) is 31.1 Å². The fourth-order valence-electron chi connectivity index (χ4n) is 3.31. The fraction of sp³-hybridized carbons (Fsp3) is 0.706. The molecule has 1 aromatic heterocycles. The third-order valence-electron chi connectivity index (χ3n) is 4.80. The number of morpholine rings is 1.